The first-order chi connectivity index (χ1) is 11.2. The van der Waals surface area contributed by atoms with E-state index in [-0.39, 0.29) is 0 Å². The van der Waals surface area contributed by atoms with Gasteiger partial charge in [0.25, 0.3) is 0 Å². The van der Waals surface area contributed by atoms with E-state index in [1.54, 1.807) is 6.20 Å². The first-order valence-electron chi connectivity index (χ1n) is 7.73. The summed E-state index contributed by atoms with van der Waals surface area (Å²) >= 11 is 0. The van der Waals surface area contributed by atoms with Gasteiger partial charge < -0.3 is 9.30 Å². The van der Waals surface area contributed by atoms with Gasteiger partial charge in [0.15, 0.2) is 6.61 Å². The molecule has 0 spiro atoms. The number of hydrogen-bond acceptors (Lipinski definition) is 2. The number of benzene rings is 1. The largest absolute Gasteiger partial charge is 0.463 e. The van der Waals surface area contributed by atoms with Crippen molar-refractivity contribution in [2.45, 2.75) is 27.3 Å². The van der Waals surface area contributed by atoms with Gasteiger partial charge in [-0.3, -0.25) is 0 Å². The molecular weight excluding hydrogens is 284 g/mol. The number of hydrogen-bond donors (Lipinski definition) is 0. The highest BCUT2D eigenvalue weighted by Crippen LogP contribution is 2.31. The van der Waals surface area contributed by atoms with Crippen molar-refractivity contribution < 1.29 is 4.74 Å². The predicted molar refractivity (Wildman–Crippen MR) is 93.7 cm³/mol. The molecule has 1 aromatic carbocycles. The second-order valence-electron chi connectivity index (χ2n) is 5.51. The van der Waals surface area contributed by atoms with Crippen LogP contribution in [0.4, 0.5) is 0 Å². The molecule has 23 heavy (non-hydrogen) atoms. The molecule has 0 bridgehead atoms. The number of aromatic nitrogens is 2. The normalized spacial score (nSPS) is 10.4. The van der Waals surface area contributed by atoms with Crippen LogP contribution in [0.25, 0.3) is 10.9 Å². The Balaban J connectivity index is 2.11. The van der Waals surface area contributed by atoms with E-state index in [2.05, 4.69) is 65.6 Å². The van der Waals surface area contributed by atoms with E-state index in [4.69, 9.17) is 4.74 Å². The maximum absolute atomic E-state index is 5.80. The molecule has 0 amide bonds. The number of aryl methyl sites for hydroxylation is 1. The summed E-state index contributed by atoms with van der Waals surface area (Å²) in [6, 6.07) is 12.5. The van der Waals surface area contributed by atoms with E-state index >= 15 is 0 Å². The van der Waals surface area contributed by atoms with Gasteiger partial charge in [0.1, 0.15) is 5.52 Å². The molecule has 2 aromatic heterocycles. The molecule has 2 heterocycles. The van der Waals surface area contributed by atoms with Crippen molar-refractivity contribution in [2.24, 2.45) is 0 Å². The highest BCUT2D eigenvalue weighted by Gasteiger charge is 2.16. The molecule has 116 valence electrons. The fourth-order valence-electron chi connectivity index (χ4n) is 2.81. The third-order valence-electron chi connectivity index (χ3n) is 4.15. The molecule has 0 radical (unpaired) electrons. The molecular formula is C20H20N2O. The summed E-state index contributed by atoms with van der Waals surface area (Å²) in [5, 5.41) is 1.19. The van der Waals surface area contributed by atoms with Crippen molar-refractivity contribution >= 4 is 10.9 Å². The molecule has 0 N–H and O–H groups in total. The summed E-state index contributed by atoms with van der Waals surface area (Å²) in [6.07, 6.45) is 1.80. The van der Waals surface area contributed by atoms with Crippen molar-refractivity contribution in [3.05, 3.63) is 59.4 Å². The zero-order valence-corrected chi connectivity index (χ0v) is 13.8. The number of fused-ring (bicyclic) bond motifs is 1. The van der Waals surface area contributed by atoms with Crippen LogP contribution in [0.2, 0.25) is 0 Å². The molecule has 3 rings (SSSR count). The number of ether oxygens (including phenoxy) is 1. The lowest BCUT2D eigenvalue weighted by molar-refractivity contribution is 0.358. The third kappa shape index (κ3) is 2.93. The zero-order chi connectivity index (χ0) is 16.2. The Labute approximate surface area is 136 Å². The molecule has 0 aliphatic rings. The second kappa shape index (κ2) is 6.58. The van der Waals surface area contributed by atoms with Crippen molar-refractivity contribution in [1.29, 1.82) is 0 Å². The van der Waals surface area contributed by atoms with Crippen molar-refractivity contribution in [3.63, 3.8) is 0 Å². The Morgan fingerprint density at radius 3 is 2.65 bits per heavy atom. The van der Waals surface area contributed by atoms with Crippen molar-refractivity contribution in [1.82, 2.24) is 9.55 Å². The minimum atomic E-state index is 0.358. The van der Waals surface area contributed by atoms with E-state index in [0.29, 0.717) is 12.5 Å². The van der Waals surface area contributed by atoms with Crippen LogP contribution in [0, 0.1) is 25.7 Å². The topological polar surface area (TPSA) is 27.1 Å². The Hall–Kier alpha value is -2.73. The molecule has 0 saturated carbocycles. The van der Waals surface area contributed by atoms with Crippen molar-refractivity contribution in [2.75, 3.05) is 6.61 Å². The molecule has 3 aromatic rings. The van der Waals surface area contributed by atoms with Crippen LogP contribution >= 0.6 is 0 Å². The third-order valence-corrected chi connectivity index (χ3v) is 4.15. The van der Waals surface area contributed by atoms with E-state index < -0.39 is 0 Å². The quantitative estimate of drug-likeness (QED) is 0.678. The lowest BCUT2D eigenvalue weighted by Gasteiger charge is -2.11. The summed E-state index contributed by atoms with van der Waals surface area (Å²) in [7, 11) is 0. The highest BCUT2D eigenvalue weighted by atomic mass is 16.5. The molecule has 0 aliphatic carbocycles. The summed E-state index contributed by atoms with van der Waals surface area (Å²) in [4.78, 5) is 4.42. The second-order valence-corrected chi connectivity index (χ2v) is 5.51. The summed E-state index contributed by atoms with van der Waals surface area (Å²) in [6.45, 7) is 7.27. The summed E-state index contributed by atoms with van der Waals surface area (Å²) < 4.78 is 8.08. The lowest BCUT2D eigenvalue weighted by Crippen LogP contribution is -2.05. The van der Waals surface area contributed by atoms with Gasteiger partial charge in [0, 0.05) is 23.8 Å². The van der Waals surface area contributed by atoms with Gasteiger partial charge in [-0.25, -0.2) is 4.98 Å². The average molecular weight is 304 g/mol. The Morgan fingerprint density at radius 2 is 1.91 bits per heavy atom. The van der Waals surface area contributed by atoms with Crippen LogP contribution in [0.15, 0.2) is 42.6 Å². The molecule has 0 unspecified atom stereocenters. The van der Waals surface area contributed by atoms with Crippen LogP contribution < -0.4 is 4.74 Å². The smallest absolute Gasteiger partial charge is 0.239 e. The van der Waals surface area contributed by atoms with Crippen molar-refractivity contribution in [3.8, 4) is 17.7 Å². The average Bonchev–Trinajstić information content (AvgIpc) is 2.82. The lowest BCUT2D eigenvalue weighted by atomic mass is 10.2. The van der Waals surface area contributed by atoms with Crippen LogP contribution in [-0.2, 0) is 6.54 Å². The molecule has 0 atom stereocenters. The monoisotopic (exact) mass is 304 g/mol. The number of pyridine rings is 1. The van der Waals surface area contributed by atoms with E-state index in [9.17, 15) is 0 Å². The number of nitrogens with zero attached hydrogens (tertiary/aromatic N) is 2. The van der Waals surface area contributed by atoms with Gasteiger partial charge in [0.2, 0.25) is 5.88 Å². The van der Waals surface area contributed by atoms with Gasteiger partial charge in [0.05, 0.1) is 0 Å². The Kier molecular flexibility index (Phi) is 4.34. The van der Waals surface area contributed by atoms with Gasteiger partial charge in [-0.1, -0.05) is 36.3 Å². The van der Waals surface area contributed by atoms with Gasteiger partial charge in [-0.2, -0.15) is 0 Å². The molecule has 3 nitrogen and oxygen atoms in total. The fourth-order valence-corrected chi connectivity index (χ4v) is 2.81. The minimum absolute atomic E-state index is 0.358. The Morgan fingerprint density at radius 1 is 1.13 bits per heavy atom. The summed E-state index contributed by atoms with van der Waals surface area (Å²) in [5.74, 6) is 6.43. The van der Waals surface area contributed by atoms with Crippen LogP contribution in [0.1, 0.15) is 23.7 Å². The van der Waals surface area contributed by atoms with Crippen LogP contribution in [0.3, 0.4) is 0 Å². The molecule has 3 heteroatoms. The maximum Gasteiger partial charge on any atom is 0.239 e. The van der Waals surface area contributed by atoms with E-state index in [0.717, 1.165) is 12.1 Å². The van der Waals surface area contributed by atoms with Crippen LogP contribution in [-0.4, -0.2) is 16.2 Å². The zero-order valence-electron chi connectivity index (χ0n) is 13.8. The van der Waals surface area contributed by atoms with Gasteiger partial charge in [-0.05, 0) is 38.0 Å². The highest BCUT2D eigenvalue weighted by molar-refractivity contribution is 5.89. The summed E-state index contributed by atoms with van der Waals surface area (Å²) in [5.41, 5.74) is 4.81. The molecule has 0 fully saturated rings. The first kappa shape index (κ1) is 15.2. The Bertz CT molecular complexity index is 883. The van der Waals surface area contributed by atoms with Gasteiger partial charge >= 0.3 is 0 Å². The first-order valence-corrected chi connectivity index (χ1v) is 7.73. The minimum Gasteiger partial charge on any atom is -0.463 e. The SMILES string of the molecule is CC#CCOc1nccc2c(C)c(C)n(Cc3ccccc3)c12. The maximum atomic E-state index is 5.80. The van der Waals surface area contributed by atoms with E-state index in [1.165, 1.54) is 22.2 Å². The van der Waals surface area contributed by atoms with Gasteiger partial charge in [-0.15, -0.1) is 5.92 Å². The molecule has 0 saturated heterocycles. The van der Waals surface area contributed by atoms with E-state index in [1.807, 2.05) is 13.0 Å². The fraction of sp³-hybridized carbons (Fsp3) is 0.250. The standard InChI is InChI=1S/C20H20N2O/c1-4-5-13-23-20-19-18(11-12-21-20)15(2)16(3)22(19)14-17-9-7-6-8-10-17/h6-12H,13-14H2,1-3H3. The predicted octanol–water partition coefficient (Wildman–Crippen LogP) is 4.10. The number of rotatable bonds is 4. The van der Waals surface area contributed by atoms with Crippen LogP contribution in [0.5, 0.6) is 5.88 Å². The molecule has 0 aliphatic heterocycles.